The lowest BCUT2D eigenvalue weighted by atomic mass is 10.2. The van der Waals surface area contributed by atoms with Gasteiger partial charge in [-0.2, -0.15) is 5.10 Å². The summed E-state index contributed by atoms with van der Waals surface area (Å²) in [5, 5.41) is 6.75. The van der Waals surface area contributed by atoms with E-state index in [0.29, 0.717) is 30.1 Å². The molecule has 2 aliphatic heterocycles. The normalized spacial score (nSPS) is 19.2. The molecule has 1 fully saturated rings. The SMILES string of the molecule is C[C@H]1Cn2ncc(N3CC(N(C)C(=O)c4ncco4)CC3=O)c2CN1C(=O)Nc1cc(F)c(F)c(F)c1. The molecule has 4 heterocycles. The van der Waals surface area contributed by atoms with Gasteiger partial charge in [0.15, 0.2) is 17.5 Å². The zero-order chi connectivity index (χ0) is 26.4. The van der Waals surface area contributed by atoms with Crippen LogP contribution in [0.25, 0.3) is 0 Å². The third kappa shape index (κ3) is 4.38. The van der Waals surface area contributed by atoms with Crippen molar-refractivity contribution in [2.45, 2.75) is 38.5 Å². The van der Waals surface area contributed by atoms with Crippen LogP contribution in [0, 0.1) is 17.5 Å². The molecule has 4 amide bonds. The number of amides is 4. The highest BCUT2D eigenvalue weighted by Crippen LogP contribution is 2.31. The molecule has 0 aliphatic carbocycles. The second-order valence-corrected chi connectivity index (χ2v) is 8.94. The van der Waals surface area contributed by atoms with Crippen molar-refractivity contribution >= 4 is 29.2 Å². The van der Waals surface area contributed by atoms with E-state index in [2.05, 4.69) is 15.4 Å². The number of hydrogen-bond acceptors (Lipinski definition) is 6. The van der Waals surface area contributed by atoms with Crippen molar-refractivity contribution in [2.24, 2.45) is 0 Å². The van der Waals surface area contributed by atoms with Gasteiger partial charge < -0.3 is 24.4 Å². The highest BCUT2D eigenvalue weighted by atomic mass is 19.2. The molecule has 0 bridgehead atoms. The van der Waals surface area contributed by atoms with Crippen LogP contribution in [-0.4, -0.2) is 68.1 Å². The number of fused-ring (bicyclic) bond motifs is 1. The second-order valence-electron chi connectivity index (χ2n) is 8.94. The number of hydrogen-bond donors (Lipinski definition) is 1. The van der Waals surface area contributed by atoms with Gasteiger partial charge in [0.25, 0.3) is 5.89 Å². The summed E-state index contributed by atoms with van der Waals surface area (Å²) < 4.78 is 47.2. The Morgan fingerprint density at radius 2 is 1.92 bits per heavy atom. The van der Waals surface area contributed by atoms with E-state index in [1.807, 2.05) is 0 Å². The fraction of sp³-hybridized carbons (Fsp3) is 0.348. The fourth-order valence-corrected chi connectivity index (χ4v) is 4.53. The summed E-state index contributed by atoms with van der Waals surface area (Å²) in [5.41, 5.74) is 0.845. The van der Waals surface area contributed by atoms with Gasteiger partial charge in [-0.25, -0.2) is 22.9 Å². The van der Waals surface area contributed by atoms with Crippen molar-refractivity contribution in [3.8, 4) is 0 Å². The molecular formula is C23H22F3N7O4. The summed E-state index contributed by atoms with van der Waals surface area (Å²) in [6, 6.07) is -0.0489. The van der Waals surface area contributed by atoms with Crippen molar-refractivity contribution in [2.75, 3.05) is 23.8 Å². The first kappa shape index (κ1) is 24.3. The van der Waals surface area contributed by atoms with Gasteiger partial charge in [0.2, 0.25) is 5.91 Å². The van der Waals surface area contributed by atoms with Gasteiger partial charge >= 0.3 is 11.9 Å². The van der Waals surface area contributed by atoms with Crippen molar-refractivity contribution in [1.82, 2.24) is 24.6 Å². The number of halogens is 3. The van der Waals surface area contributed by atoms with Crippen LogP contribution in [0.15, 0.2) is 35.2 Å². The van der Waals surface area contributed by atoms with E-state index < -0.39 is 35.4 Å². The molecule has 1 aromatic carbocycles. The van der Waals surface area contributed by atoms with Crippen molar-refractivity contribution in [3.63, 3.8) is 0 Å². The first-order chi connectivity index (χ1) is 17.6. The lowest BCUT2D eigenvalue weighted by Crippen LogP contribution is -2.47. The molecule has 194 valence electrons. The van der Waals surface area contributed by atoms with Crippen LogP contribution in [0.5, 0.6) is 0 Å². The van der Waals surface area contributed by atoms with E-state index >= 15 is 0 Å². The third-order valence-corrected chi connectivity index (χ3v) is 6.59. The van der Waals surface area contributed by atoms with E-state index in [4.69, 9.17) is 4.42 Å². The quantitative estimate of drug-likeness (QED) is 0.532. The molecule has 1 N–H and O–H groups in total. The minimum Gasteiger partial charge on any atom is -0.441 e. The number of carbonyl (C=O) groups is 3. The van der Waals surface area contributed by atoms with Crippen LogP contribution in [0.3, 0.4) is 0 Å². The summed E-state index contributed by atoms with van der Waals surface area (Å²) in [4.78, 5) is 46.7. The number of likely N-dealkylation sites (N-methyl/N-ethyl adjacent to an activating group) is 1. The fourth-order valence-electron chi connectivity index (χ4n) is 4.53. The number of aromatic nitrogens is 3. The van der Waals surface area contributed by atoms with E-state index in [0.717, 1.165) is 0 Å². The minimum atomic E-state index is -1.63. The maximum absolute atomic E-state index is 13.6. The van der Waals surface area contributed by atoms with Crippen LogP contribution in [0.4, 0.5) is 29.3 Å². The van der Waals surface area contributed by atoms with Gasteiger partial charge in [0.05, 0.1) is 48.9 Å². The maximum Gasteiger partial charge on any atom is 0.322 e. The van der Waals surface area contributed by atoms with Crippen LogP contribution in [0.1, 0.15) is 29.7 Å². The molecule has 1 saturated heterocycles. The minimum absolute atomic E-state index is 0.0496. The van der Waals surface area contributed by atoms with Gasteiger partial charge in [-0.3, -0.25) is 14.3 Å². The first-order valence-electron chi connectivity index (χ1n) is 11.4. The Hall–Kier alpha value is -4.36. The molecule has 37 heavy (non-hydrogen) atoms. The molecule has 1 unspecified atom stereocenters. The molecule has 3 aromatic rings. The van der Waals surface area contributed by atoms with Crippen molar-refractivity contribution in [3.05, 3.63) is 59.8 Å². The number of nitrogens with one attached hydrogen (secondary N) is 1. The summed E-state index contributed by atoms with van der Waals surface area (Å²) in [6.45, 7) is 2.34. The maximum atomic E-state index is 13.6. The summed E-state index contributed by atoms with van der Waals surface area (Å²) in [6.07, 6.45) is 4.26. The number of urea groups is 1. The number of anilines is 2. The Kier molecular flexibility index (Phi) is 6.09. The molecule has 2 aliphatic rings. The van der Waals surface area contributed by atoms with Gasteiger partial charge in [-0.15, -0.1) is 0 Å². The van der Waals surface area contributed by atoms with E-state index in [1.54, 1.807) is 18.7 Å². The standard InChI is InChI=1S/C23H22F3N7O4/c1-12-9-33-18(11-31(12)23(36)29-13-5-15(24)20(26)16(25)6-13)17(8-28-33)32-10-14(7-19(32)34)30(2)22(35)21-27-3-4-37-21/h3-6,8,12,14H,7,9-11H2,1-2H3,(H,29,36)/t12-,14?/m0/s1. The predicted octanol–water partition coefficient (Wildman–Crippen LogP) is 2.60. The van der Waals surface area contributed by atoms with Crippen LogP contribution in [0.2, 0.25) is 0 Å². The number of nitrogens with zero attached hydrogens (tertiary/aromatic N) is 6. The Morgan fingerprint density at radius 3 is 2.59 bits per heavy atom. The number of rotatable bonds is 4. The largest absolute Gasteiger partial charge is 0.441 e. The predicted molar refractivity (Wildman–Crippen MR) is 122 cm³/mol. The molecule has 11 nitrogen and oxygen atoms in total. The molecule has 0 spiro atoms. The van der Waals surface area contributed by atoms with Crippen LogP contribution in [-0.2, 0) is 17.9 Å². The smallest absolute Gasteiger partial charge is 0.322 e. The molecular weight excluding hydrogens is 495 g/mol. The molecule has 0 radical (unpaired) electrons. The first-order valence-corrected chi connectivity index (χ1v) is 11.4. The van der Waals surface area contributed by atoms with Crippen LogP contribution >= 0.6 is 0 Å². The summed E-state index contributed by atoms with van der Waals surface area (Å²) in [5.74, 6) is -5.22. The monoisotopic (exact) mass is 517 g/mol. The highest BCUT2D eigenvalue weighted by molar-refractivity contribution is 5.98. The van der Waals surface area contributed by atoms with Gasteiger partial charge in [0, 0.05) is 37.8 Å². The number of oxazole rings is 1. The topological polar surface area (TPSA) is 117 Å². The Bertz CT molecular complexity index is 1350. The van der Waals surface area contributed by atoms with E-state index in [9.17, 15) is 27.6 Å². The number of benzene rings is 1. The van der Waals surface area contributed by atoms with Gasteiger partial charge in [0.1, 0.15) is 6.26 Å². The summed E-state index contributed by atoms with van der Waals surface area (Å²) in [7, 11) is 1.57. The molecule has 5 rings (SSSR count). The summed E-state index contributed by atoms with van der Waals surface area (Å²) >= 11 is 0. The molecule has 2 aromatic heterocycles. The average molecular weight is 517 g/mol. The number of carbonyl (C=O) groups excluding carboxylic acids is 3. The van der Waals surface area contributed by atoms with Gasteiger partial charge in [-0.05, 0) is 6.92 Å². The van der Waals surface area contributed by atoms with E-state index in [-0.39, 0.29) is 43.0 Å². The van der Waals surface area contributed by atoms with Gasteiger partial charge in [-0.1, -0.05) is 0 Å². The highest BCUT2D eigenvalue weighted by Gasteiger charge is 2.39. The molecule has 14 heteroatoms. The Balaban J connectivity index is 1.32. The zero-order valence-corrected chi connectivity index (χ0v) is 19.8. The third-order valence-electron chi connectivity index (χ3n) is 6.59. The lowest BCUT2D eigenvalue weighted by Gasteiger charge is -2.35. The van der Waals surface area contributed by atoms with E-state index in [1.165, 1.54) is 33.4 Å². The second kappa shape index (κ2) is 9.26. The zero-order valence-electron chi connectivity index (χ0n) is 19.8. The molecule has 2 atom stereocenters. The van der Waals surface area contributed by atoms with Crippen molar-refractivity contribution in [1.29, 1.82) is 0 Å². The Labute approximate surface area is 208 Å². The van der Waals surface area contributed by atoms with Crippen LogP contribution < -0.4 is 10.2 Å². The molecule has 0 saturated carbocycles. The Morgan fingerprint density at radius 1 is 1.19 bits per heavy atom. The average Bonchev–Trinajstić information content (AvgIpc) is 3.61. The lowest BCUT2D eigenvalue weighted by molar-refractivity contribution is -0.117. The van der Waals surface area contributed by atoms with Crippen molar-refractivity contribution < 1.29 is 32.0 Å².